The molecule has 0 bridgehead atoms. The summed E-state index contributed by atoms with van der Waals surface area (Å²) in [7, 11) is 0. The van der Waals surface area contributed by atoms with Crippen molar-refractivity contribution in [1.29, 1.82) is 0 Å². The Morgan fingerprint density at radius 3 is 2.50 bits per heavy atom. The van der Waals surface area contributed by atoms with Gasteiger partial charge in [0.15, 0.2) is 4.30 Å². The summed E-state index contributed by atoms with van der Waals surface area (Å²) >= 11 is 14.4. The van der Waals surface area contributed by atoms with Crippen molar-refractivity contribution in [3.05, 3.63) is 18.2 Å². The number of amides is 1. The summed E-state index contributed by atoms with van der Waals surface area (Å²) in [5.41, 5.74) is 7.25. The van der Waals surface area contributed by atoms with Gasteiger partial charge in [-0.15, -0.1) is 0 Å². The number of anilines is 2. The zero-order valence-electron chi connectivity index (χ0n) is 12.3. The number of nitrogens with one attached hydrogen (secondary N) is 2. The van der Waals surface area contributed by atoms with Gasteiger partial charge in [-0.1, -0.05) is 34.8 Å². The molecule has 0 saturated heterocycles. The molecule has 0 saturated carbocycles. The fraction of sp³-hybridized carbons (Fsp3) is 0.385. The number of alkyl halides is 3. The number of halogens is 3. The first-order valence-corrected chi connectivity index (χ1v) is 7.55. The van der Waals surface area contributed by atoms with Gasteiger partial charge in [-0.25, -0.2) is 9.78 Å². The molecule has 122 valence electrons. The number of imidazole rings is 1. The summed E-state index contributed by atoms with van der Waals surface area (Å²) in [6, 6.07) is 5.28. The van der Waals surface area contributed by atoms with Crippen LogP contribution in [0.1, 0.15) is 20.8 Å². The van der Waals surface area contributed by atoms with Crippen LogP contribution in [0.5, 0.6) is 0 Å². The number of nitrogens with two attached hydrogens (primary N) is 1. The van der Waals surface area contributed by atoms with Crippen LogP contribution in [0.4, 0.5) is 16.4 Å². The lowest BCUT2D eigenvalue weighted by molar-refractivity contribution is 0.0635. The number of ether oxygens (including phenoxy) is 1. The van der Waals surface area contributed by atoms with Crippen LogP contribution in [0.3, 0.4) is 0 Å². The van der Waals surface area contributed by atoms with Crippen LogP contribution in [0.2, 0.25) is 0 Å². The normalized spacial score (nSPS) is 11.0. The lowest BCUT2D eigenvalue weighted by atomic mass is 10.2. The number of carbonyl (C=O) groups excluding carboxylic acids is 1. The van der Waals surface area contributed by atoms with Crippen LogP contribution in [-0.4, -0.2) is 26.0 Å². The van der Waals surface area contributed by atoms with Crippen LogP contribution < -0.4 is 11.1 Å². The van der Waals surface area contributed by atoms with E-state index in [0.717, 1.165) is 11.0 Å². The molecule has 0 aliphatic carbocycles. The number of nitrogen functional groups attached to an aromatic ring is 1. The standard InChI is InChI=1S/C12H16N4O2.CHCl3/c1-12(2,3)18-11(17)16-10-14-8-5-4-7(13)6-9(8)15-10;2-1(3)4/h4-6H,13H2,1-3H3,(H2,14,15,16,17);1H. The Hall–Kier alpha value is -1.37. The molecule has 0 radical (unpaired) electrons. The van der Waals surface area contributed by atoms with E-state index in [1.165, 1.54) is 0 Å². The summed E-state index contributed by atoms with van der Waals surface area (Å²) in [4.78, 5) is 18.7. The molecule has 2 rings (SSSR count). The number of hydrogen-bond donors (Lipinski definition) is 3. The van der Waals surface area contributed by atoms with Gasteiger partial charge in [-0.2, -0.15) is 0 Å². The minimum absolute atomic E-state index is 0.338. The summed E-state index contributed by atoms with van der Waals surface area (Å²) < 4.78 is 4.38. The van der Waals surface area contributed by atoms with Gasteiger partial charge >= 0.3 is 6.09 Å². The minimum Gasteiger partial charge on any atom is -0.444 e. The van der Waals surface area contributed by atoms with Crippen molar-refractivity contribution in [3.8, 4) is 0 Å². The first kappa shape index (κ1) is 18.7. The van der Waals surface area contributed by atoms with Crippen LogP contribution >= 0.6 is 34.8 Å². The fourth-order valence-electron chi connectivity index (χ4n) is 1.49. The maximum atomic E-state index is 11.6. The molecule has 0 unspecified atom stereocenters. The predicted octanol–water partition coefficient (Wildman–Crippen LogP) is 4.48. The molecule has 0 fully saturated rings. The number of aromatic amines is 1. The summed E-state index contributed by atoms with van der Waals surface area (Å²) in [5, 5.41) is 2.54. The van der Waals surface area contributed by atoms with E-state index >= 15 is 0 Å². The van der Waals surface area contributed by atoms with E-state index in [9.17, 15) is 4.79 Å². The van der Waals surface area contributed by atoms with Crippen LogP contribution in [-0.2, 0) is 4.74 Å². The Kier molecular flexibility index (Phi) is 6.59. The molecule has 6 nitrogen and oxygen atoms in total. The third-order valence-corrected chi connectivity index (χ3v) is 2.13. The van der Waals surface area contributed by atoms with Crippen LogP contribution in [0.15, 0.2) is 18.2 Å². The molecule has 4 N–H and O–H groups in total. The third kappa shape index (κ3) is 7.06. The third-order valence-electron chi connectivity index (χ3n) is 2.13. The second-order valence-electron chi connectivity index (χ2n) is 5.24. The number of aromatic nitrogens is 2. The Balaban J connectivity index is 0.000000541. The second-order valence-corrected chi connectivity index (χ2v) is 7.22. The molecule has 1 aromatic heterocycles. The summed E-state index contributed by atoms with van der Waals surface area (Å²) in [6.45, 7) is 5.39. The molecule has 1 amide bonds. The molecular weight excluding hydrogens is 351 g/mol. The Morgan fingerprint density at radius 2 is 1.95 bits per heavy atom. The second kappa shape index (κ2) is 7.76. The number of carbonyl (C=O) groups is 1. The average molecular weight is 368 g/mol. The van der Waals surface area contributed by atoms with Gasteiger partial charge in [0.2, 0.25) is 5.95 Å². The number of nitrogens with zero attached hydrogens (tertiary/aromatic N) is 1. The van der Waals surface area contributed by atoms with E-state index in [2.05, 4.69) is 15.3 Å². The maximum absolute atomic E-state index is 11.6. The van der Waals surface area contributed by atoms with Gasteiger partial charge < -0.3 is 15.5 Å². The predicted molar refractivity (Wildman–Crippen MR) is 91.7 cm³/mol. The number of hydrogen-bond acceptors (Lipinski definition) is 4. The fourth-order valence-corrected chi connectivity index (χ4v) is 1.49. The first-order chi connectivity index (χ1) is 10.1. The van der Waals surface area contributed by atoms with E-state index in [-0.39, 0.29) is 0 Å². The van der Waals surface area contributed by atoms with E-state index in [4.69, 9.17) is 45.3 Å². The van der Waals surface area contributed by atoms with Crippen LogP contribution in [0, 0.1) is 0 Å². The zero-order chi connectivity index (χ0) is 16.9. The zero-order valence-corrected chi connectivity index (χ0v) is 14.6. The SMILES string of the molecule is CC(C)(C)OC(=O)Nc1nc2ccc(N)cc2[nH]1.ClC(Cl)Cl. The van der Waals surface area contributed by atoms with Crippen molar-refractivity contribution in [1.82, 2.24) is 9.97 Å². The number of fused-ring (bicyclic) bond motifs is 1. The molecule has 2 aromatic rings. The molecule has 1 aromatic carbocycles. The minimum atomic E-state index is -0.750. The van der Waals surface area contributed by atoms with Crippen molar-refractivity contribution < 1.29 is 9.53 Å². The Labute approximate surface area is 143 Å². The van der Waals surface area contributed by atoms with Gasteiger partial charge in [0.05, 0.1) is 11.0 Å². The topological polar surface area (TPSA) is 93.0 Å². The van der Waals surface area contributed by atoms with Crippen LogP contribution in [0.25, 0.3) is 11.0 Å². The molecule has 0 atom stereocenters. The molecule has 22 heavy (non-hydrogen) atoms. The van der Waals surface area contributed by atoms with Gasteiger partial charge in [0, 0.05) is 5.69 Å². The Bertz CT molecular complexity index is 635. The smallest absolute Gasteiger partial charge is 0.414 e. The average Bonchev–Trinajstić information content (AvgIpc) is 2.66. The molecule has 9 heteroatoms. The van der Waals surface area contributed by atoms with E-state index in [1.807, 2.05) is 0 Å². The monoisotopic (exact) mass is 366 g/mol. The lowest BCUT2D eigenvalue weighted by Gasteiger charge is -2.18. The van der Waals surface area contributed by atoms with Gasteiger partial charge in [0.1, 0.15) is 5.60 Å². The van der Waals surface area contributed by atoms with E-state index < -0.39 is 16.0 Å². The Morgan fingerprint density at radius 1 is 1.36 bits per heavy atom. The number of H-pyrrole nitrogens is 1. The molecule has 0 aliphatic rings. The van der Waals surface area contributed by atoms with Gasteiger partial charge in [-0.3, -0.25) is 5.32 Å². The highest BCUT2D eigenvalue weighted by molar-refractivity contribution is 6.63. The molecule has 0 aliphatic heterocycles. The highest BCUT2D eigenvalue weighted by Gasteiger charge is 2.17. The van der Waals surface area contributed by atoms with Crippen molar-refractivity contribution in [2.45, 2.75) is 30.7 Å². The largest absolute Gasteiger partial charge is 0.444 e. The maximum Gasteiger partial charge on any atom is 0.414 e. The van der Waals surface area contributed by atoms with Gasteiger partial charge in [0.25, 0.3) is 0 Å². The summed E-state index contributed by atoms with van der Waals surface area (Å²) in [6.07, 6.45) is -0.547. The first-order valence-electron chi connectivity index (χ1n) is 6.24. The van der Waals surface area contributed by atoms with E-state index in [1.54, 1.807) is 39.0 Å². The van der Waals surface area contributed by atoms with Crippen molar-refractivity contribution >= 4 is 63.6 Å². The number of rotatable bonds is 1. The molecule has 0 spiro atoms. The van der Waals surface area contributed by atoms with Crippen molar-refractivity contribution in [2.24, 2.45) is 0 Å². The quantitative estimate of drug-likeness (QED) is 0.512. The lowest BCUT2D eigenvalue weighted by Crippen LogP contribution is -2.27. The van der Waals surface area contributed by atoms with Gasteiger partial charge in [-0.05, 0) is 39.0 Å². The molecule has 1 heterocycles. The highest BCUT2D eigenvalue weighted by atomic mass is 35.6. The van der Waals surface area contributed by atoms with Crippen molar-refractivity contribution in [2.75, 3.05) is 11.1 Å². The summed E-state index contributed by atoms with van der Waals surface area (Å²) in [5.74, 6) is 0.338. The number of benzene rings is 1. The van der Waals surface area contributed by atoms with E-state index in [0.29, 0.717) is 11.6 Å². The van der Waals surface area contributed by atoms with Crippen molar-refractivity contribution in [3.63, 3.8) is 0 Å². The highest BCUT2D eigenvalue weighted by Crippen LogP contribution is 2.17. The molecular formula is C13H17Cl3N4O2.